The first kappa shape index (κ1) is 45.3. The molecule has 2 unspecified atom stereocenters. The highest BCUT2D eigenvalue weighted by atomic mass is 16.2. The standard InChI is InChI=1S/C10H19N.C10H20.C9H18N2O.C8H17N.C7H15N/c1-8(2)11-6-9-4-3-5-10(9)7-11;1-9(2)8-10-6-4-3-5-7-10;1-7(2)11-9(12)10-6-8-4-3-5-8;1-7(2)9-6-8-4-3-5-8;1-6(2)3-7-4-8-5-7/h8-10H,3-7H2,1-2H3;9-10H,3-8H2,1-2H3;7-8H,3-6H2,1-2H3,(H2,10,11,12);7-9H,3-6H2,1-2H3;6-8H,3-5H2,1-2H3. The van der Waals surface area contributed by atoms with Gasteiger partial charge in [0, 0.05) is 37.8 Å². The fraction of sp³-hybridized carbons (Fsp3) is 0.977. The summed E-state index contributed by atoms with van der Waals surface area (Å²) in [5, 5.41) is 12.4. The van der Waals surface area contributed by atoms with Crippen LogP contribution in [0.15, 0.2) is 0 Å². The van der Waals surface area contributed by atoms with E-state index in [1.165, 1.54) is 135 Å². The lowest BCUT2D eigenvalue weighted by molar-refractivity contribution is 0.230. The van der Waals surface area contributed by atoms with Crippen LogP contribution in [0.4, 0.5) is 4.79 Å². The minimum absolute atomic E-state index is 0.0306. The maximum absolute atomic E-state index is 11.1. The molecule has 0 bridgehead atoms. The highest BCUT2D eigenvalue weighted by Crippen LogP contribution is 2.38. The van der Waals surface area contributed by atoms with E-state index in [-0.39, 0.29) is 12.1 Å². The van der Waals surface area contributed by atoms with Crippen molar-refractivity contribution in [2.45, 2.75) is 190 Å². The lowest BCUT2D eigenvalue weighted by atomic mass is 9.84. The van der Waals surface area contributed by atoms with Crippen molar-refractivity contribution in [3.05, 3.63) is 0 Å². The van der Waals surface area contributed by atoms with Crippen LogP contribution in [0.1, 0.15) is 172 Å². The molecule has 6 heteroatoms. The van der Waals surface area contributed by atoms with E-state index in [9.17, 15) is 4.79 Å². The molecule has 2 aliphatic heterocycles. The number of carbonyl (C=O) groups excluding carboxylic acids is 1. The summed E-state index contributed by atoms with van der Waals surface area (Å²) in [6, 6.07) is 1.65. The van der Waals surface area contributed by atoms with E-state index in [1.54, 1.807) is 0 Å². The van der Waals surface area contributed by atoms with Gasteiger partial charge in [-0.05, 0) is 146 Å². The van der Waals surface area contributed by atoms with Crippen molar-refractivity contribution in [1.82, 2.24) is 26.2 Å². The molecule has 2 amide bonds. The van der Waals surface area contributed by atoms with Crippen LogP contribution in [-0.4, -0.2) is 68.3 Å². The predicted octanol–water partition coefficient (Wildman–Crippen LogP) is 10.3. The molecule has 6 rings (SSSR count). The predicted molar refractivity (Wildman–Crippen MR) is 219 cm³/mol. The van der Waals surface area contributed by atoms with Gasteiger partial charge in [-0.25, -0.2) is 4.79 Å². The van der Waals surface area contributed by atoms with Crippen LogP contribution in [0.5, 0.6) is 0 Å². The Labute approximate surface area is 313 Å². The molecule has 2 heterocycles. The molecule has 4 aliphatic carbocycles. The van der Waals surface area contributed by atoms with Gasteiger partial charge in [0.15, 0.2) is 0 Å². The van der Waals surface area contributed by atoms with Crippen LogP contribution in [0, 0.1) is 47.3 Å². The zero-order valence-electron chi connectivity index (χ0n) is 35.3. The van der Waals surface area contributed by atoms with E-state index in [0.29, 0.717) is 6.04 Å². The number of nitrogens with zero attached hydrogens (tertiary/aromatic N) is 1. The number of rotatable bonds is 11. The van der Waals surface area contributed by atoms with Crippen molar-refractivity contribution in [3.63, 3.8) is 0 Å². The van der Waals surface area contributed by atoms with Gasteiger partial charge < -0.3 is 26.2 Å². The number of amides is 2. The number of carbonyl (C=O) groups is 1. The van der Waals surface area contributed by atoms with E-state index in [4.69, 9.17) is 0 Å². The van der Waals surface area contributed by atoms with Gasteiger partial charge in [0.25, 0.3) is 0 Å². The van der Waals surface area contributed by atoms with E-state index in [0.717, 1.165) is 59.9 Å². The van der Waals surface area contributed by atoms with Gasteiger partial charge in [0.1, 0.15) is 0 Å². The molecular formula is C44H89N5O. The summed E-state index contributed by atoms with van der Waals surface area (Å²) < 4.78 is 0. The summed E-state index contributed by atoms with van der Waals surface area (Å²) in [5.74, 6) is 7.76. The Morgan fingerprint density at radius 1 is 0.580 bits per heavy atom. The third-order valence-electron chi connectivity index (χ3n) is 11.9. The minimum Gasteiger partial charge on any atom is -0.338 e. The lowest BCUT2D eigenvalue weighted by Gasteiger charge is -2.28. The maximum Gasteiger partial charge on any atom is 0.314 e. The van der Waals surface area contributed by atoms with E-state index >= 15 is 0 Å². The molecule has 4 saturated carbocycles. The molecule has 0 aromatic carbocycles. The summed E-state index contributed by atoms with van der Waals surface area (Å²) in [7, 11) is 0. The molecule has 6 nitrogen and oxygen atoms in total. The molecule has 0 spiro atoms. The summed E-state index contributed by atoms with van der Waals surface area (Å²) in [6.45, 7) is 29.6. The summed E-state index contributed by atoms with van der Waals surface area (Å²) in [4.78, 5) is 13.7. The van der Waals surface area contributed by atoms with Gasteiger partial charge >= 0.3 is 6.03 Å². The normalized spacial score (nSPS) is 24.1. The molecule has 50 heavy (non-hydrogen) atoms. The van der Waals surface area contributed by atoms with Gasteiger partial charge in [0.2, 0.25) is 0 Å². The largest absolute Gasteiger partial charge is 0.338 e. The summed E-state index contributed by atoms with van der Waals surface area (Å²) in [6.07, 6.45) is 23.2. The highest BCUT2D eigenvalue weighted by Gasteiger charge is 2.36. The fourth-order valence-corrected chi connectivity index (χ4v) is 8.31. The van der Waals surface area contributed by atoms with Crippen LogP contribution in [0.2, 0.25) is 0 Å². The number of hydrogen-bond acceptors (Lipinski definition) is 4. The smallest absolute Gasteiger partial charge is 0.314 e. The number of likely N-dealkylation sites (tertiary alicyclic amines) is 1. The molecule has 6 fully saturated rings. The first-order chi connectivity index (χ1) is 23.8. The molecule has 0 aromatic heterocycles. The topological polar surface area (TPSA) is 68.4 Å². The number of fused-ring (bicyclic) bond motifs is 1. The van der Waals surface area contributed by atoms with E-state index in [2.05, 4.69) is 81.6 Å². The first-order valence-corrected chi connectivity index (χ1v) is 22.0. The Balaban J connectivity index is 0.000000218. The van der Waals surface area contributed by atoms with Crippen LogP contribution >= 0.6 is 0 Å². The molecular weight excluding hydrogens is 615 g/mol. The van der Waals surface area contributed by atoms with Crippen molar-refractivity contribution in [2.24, 2.45) is 47.3 Å². The Morgan fingerprint density at radius 3 is 1.44 bits per heavy atom. The van der Waals surface area contributed by atoms with Crippen molar-refractivity contribution in [1.29, 1.82) is 0 Å². The van der Waals surface area contributed by atoms with Crippen molar-refractivity contribution >= 4 is 6.03 Å². The number of urea groups is 1. The second-order valence-corrected chi connectivity index (χ2v) is 19.0. The molecule has 6 aliphatic rings. The van der Waals surface area contributed by atoms with Gasteiger partial charge in [0.05, 0.1) is 0 Å². The van der Waals surface area contributed by atoms with Gasteiger partial charge in [-0.2, -0.15) is 0 Å². The summed E-state index contributed by atoms with van der Waals surface area (Å²) in [5.41, 5.74) is 0. The highest BCUT2D eigenvalue weighted by molar-refractivity contribution is 5.74. The molecule has 2 atom stereocenters. The molecule has 0 aromatic rings. The third-order valence-corrected chi connectivity index (χ3v) is 11.9. The van der Waals surface area contributed by atoms with Crippen molar-refractivity contribution < 1.29 is 4.79 Å². The zero-order valence-corrected chi connectivity index (χ0v) is 35.3. The fourth-order valence-electron chi connectivity index (χ4n) is 8.31. The molecule has 4 N–H and O–H groups in total. The van der Waals surface area contributed by atoms with Gasteiger partial charge in [-0.3, -0.25) is 0 Å². The van der Waals surface area contributed by atoms with Crippen LogP contribution in [0.25, 0.3) is 0 Å². The Kier molecular flexibility index (Phi) is 23.6. The second kappa shape index (κ2) is 26.0. The average Bonchev–Trinajstić information content (AvgIpc) is 3.58. The van der Waals surface area contributed by atoms with Crippen LogP contribution in [0.3, 0.4) is 0 Å². The van der Waals surface area contributed by atoms with Crippen molar-refractivity contribution in [3.8, 4) is 0 Å². The Bertz CT molecular complexity index is 814. The zero-order chi connectivity index (χ0) is 36.9. The summed E-state index contributed by atoms with van der Waals surface area (Å²) >= 11 is 0. The molecule has 296 valence electrons. The first-order valence-electron chi connectivity index (χ1n) is 22.0. The lowest BCUT2D eigenvalue weighted by Crippen LogP contribution is -2.42. The second-order valence-electron chi connectivity index (χ2n) is 19.0. The minimum atomic E-state index is -0.0306. The van der Waals surface area contributed by atoms with Gasteiger partial charge in [-0.15, -0.1) is 0 Å². The number of hydrogen-bond donors (Lipinski definition) is 4. The third kappa shape index (κ3) is 21.0. The van der Waals surface area contributed by atoms with E-state index in [1.807, 2.05) is 13.8 Å². The molecule has 2 saturated heterocycles. The Morgan fingerprint density at radius 2 is 1.06 bits per heavy atom. The van der Waals surface area contributed by atoms with E-state index < -0.39 is 0 Å². The average molecular weight is 704 g/mol. The monoisotopic (exact) mass is 704 g/mol. The number of nitrogens with one attached hydrogen (secondary N) is 4. The van der Waals surface area contributed by atoms with Crippen LogP contribution in [-0.2, 0) is 0 Å². The quantitative estimate of drug-likeness (QED) is 0.173. The SMILES string of the molecule is CC(C)CC1CCCCC1.CC(C)CC1CNC1.CC(C)N1CC2CCCC2C1.CC(C)NC(=O)NCC1CCC1.CC(C)NCC1CCC1. The molecule has 0 radical (unpaired) electrons. The Hall–Kier alpha value is -0.850. The van der Waals surface area contributed by atoms with Crippen molar-refractivity contribution in [2.75, 3.05) is 39.3 Å². The van der Waals surface area contributed by atoms with Gasteiger partial charge in [-0.1, -0.05) is 92.9 Å². The van der Waals surface area contributed by atoms with Crippen LogP contribution < -0.4 is 21.3 Å². The maximum atomic E-state index is 11.1.